The Bertz CT molecular complexity index is 514. The van der Waals surface area contributed by atoms with Crippen LogP contribution in [0.5, 0.6) is 0 Å². The molecule has 0 bridgehead atoms. The van der Waals surface area contributed by atoms with Gasteiger partial charge in [-0.3, -0.25) is 0 Å². The fourth-order valence-corrected chi connectivity index (χ4v) is 3.05. The fraction of sp³-hybridized carbons (Fsp3) is 0.579. The maximum Gasteiger partial charge on any atom is 0.0611 e. The summed E-state index contributed by atoms with van der Waals surface area (Å²) in [4.78, 5) is 0. The average Bonchev–Trinajstić information content (AvgIpc) is 2.94. The first kappa shape index (κ1) is 17.0. The highest BCUT2D eigenvalue weighted by molar-refractivity contribution is 5.37. The Hall–Kier alpha value is -1.34. The first-order valence-corrected chi connectivity index (χ1v) is 8.14. The summed E-state index contributed by atoms with van der Waals surface area (Å²) in [6, 6.07) is 8.49. The second-order valence-electron chi connectivity index (χ2n) is 6.33. The van der Waals surface area contributed by atoms with Crippen LogP contribution >= 0.6 is 0 Å². The van der Waals surface area contributed by atoms with E-state index >= 15 is 0 Å². The summed E-state index contributed by atoms with van der Waals surface area (Å²) in [5.74, 6) is 6.89. The number of aliphatic hydroxyl groups excluding tert-OH is 1. The van der Waals surface area contributed by atoms with Crippen molar-refractivity contribution in [3.63, 3.8) is 0 Å². The van der Waals surface area contributed by atoms with Crippen LogP contribution in [0.1, 0.15) is 55.6 Å². The van der Waals surface area contributed by atoms with E-state index in [1.54, 1.807) is 7.11 Å². The predicted octanol–water partition coefficient (Wildman–Crippen LogP) is 2.81. The Labute approximate surface area is 133 Å². The molecule has 1 aliphatic rings. The molecule has 1 fully saturated rings. The highest BCUT2D eigenvalue weighted by Crippen LogP contribution is 2.39. The van der Waals surface area contributed by atoms with Gasteiger partial charge in [-0.15, -0.1) is 0 Å². The molecule has 0 heterocycles. The first-order valence-electron chi connectivity index (χ1n) is 8.14. The lowest BCUT2D eigenvalue weighted by Crippen LogP contribution is -2.40. The molecule has 3 N–H and O–H groups in total. The Kier molecular flexibility index (Phi) is 6.45. The van der Waals surface area contributed by atoms with Gasteiger partial charge >= 0.3 is 0 Å². The summed E-state index contributed by atoms with van der Waals surface area (Å²) >= 11 is 0. The third-order valence-corrected chi connectivity index (χ3v) is 4.47. The Morgan fingerprint density at radius 3 is 2.73 bits per heavy atom. The second-order valence-corrected chi connectivity index (χ2v) is 6.33. The summed E-state index contributed by atoms with van der Waals surface area (Å²) in [5.41, 5.74) is 8.14. The van der Waals surface area contributed by atoms with Crippen molar-refractivity contribution in [2.75, 3.05) is 20.3 Å². The van der Waals surface area contributed by atoms with Gasteiger partial charge in [-0.1, -0.05) is 24.0 Å². The van der Waals surface area contributed by atoms with Crippen LogP contribution < -0.4 is 5.73 Å². The zero-order valence-corrected chi connectivity index (χ0v) is 13.5. The molecule has 0 aliphatic heterocycles. The lowest BCUT2D eigenvalue weighted by molar-refractivity contribution is 0.193. The maximum absolute atomic E-state index is 9.36. The Morgan fingerprint density at radius 2 is 2.09 bits per heavy atom. The van der Waals surface area contributed by atoms with E-state index in [2.05, 4.69) is 36.1 Å². The minimum Gasteiger partial charge on any atom is -0.394 e. The van der Waals surface area contributed by atoms with E-state index in [4.69, 9.17) is 10.5 Å². The number of rotatable bonds is 6. The number of benzene rings is 1. The van der Waals surface area contributed by atoms with Crippen molar-refractivity contribution in [3.8, 4) is 11.8 Å². The van der Waals surface area contributed by atoms with Crippen molar-refractivity contribution in [2.45, 2.75) is 50.0 Å². The third kappa shape index (κ3) is 4.84. The van der Waals surface area contributed by atoms with Gasteiger partial charge in [0.15, 0.2) is 0 Å². The van der Waals surface area contributed by atoms with Crippen LogP contribution in [-0.2, 0) is 4.74 Å². The summed E-state index contributed by atoms with van der Waals surface area (Å²) in [6.07, 6.45) is 5.89. The van der Waals surface area contributed by atoms with Gasteiger partial charge in [-0.05, 0) is 55.7 Å². The molecule has 0 amide bonds. The van der Waals surface area contributed by atoms with Gasteiger partial charge in [0.25, 0.3) is 0 Å². The largest absolute Gasteiger partial charge is 0.394 e. The van der Waals surface area contributed by atoms with Crippen molar-refractivity contribution >= 4 is 0 Å². The van der Waals surface area contributed by atoms with Gasteiger partial charge in [-0.25, -0.2) is 0 Å². The van der Waals surface area contributed by atoms with E-state index in [0.29, 0.717) is 5.92 Å². The third-order valence-electron chi connectivity index (χ3n) is 4.47. The summed E-state index contributed by atoms with van der Waals surface area (Å²) in [6.45, 7) is 0.893. The van der Waals surface area contributed by atoms with Gasteiger partial charge in [0.1, 0.15) is 0 Å². The maximum atomic E-state index is 9.36. The van der Waals surface area contributed by atoms with Crippen molar-refractivity contribution in [1.29, 1.82) is 0 Å². The number of methoxy groups -OCH3 is 1. The van der Waals surface area contributed by atoms with Crippen LogP contribution in [0.4, 0.5) is 0 Å². The smallest absolute Gasteiger partial charge is 0.0611 e. The average molecular weight is 301 g/mol. The van der Waals surface area contributed by atoms with Gasteiger partial charge in [0, 0.05) is 31.2 Å². The molecule has 0 saturated heterocycles. The van der Waals surface area contributed by atoms with Gasteiger partial charge in [-0.2, -0.15) is 0 Å². The van der Waals surface area contributed by atoms with Crippen LogP contribution in [-0.4, -0.2) is 31.0 Å². The van der Waals surface area contributed by atoms with Crippen molar-refractivity contribution < 1.29 is 9.84 Å². The number of ether oxygens (including phenoxy) is 1. The van der Waals surface area contributed by atoms with Gasteiger partial charge in [0.05, 0.1) is 6.61 Å². The molecule has 1 aromatic carbocycles. The molecule has 22 heavy (non-hydrogen) atoms. The molecule has 120 valence electrons. The molecule has 1 unspecified atom stereocenters. The van der Waals surface area contributed by atoms with Crippen LogP contribution in [0.3, 0.4) is 0 Å². The SMILES string of the molecule is COCCCCC#Cc1ccc(C2CC[C@](N)(CO)C2)cc1. The molecule has 0 aromatic heterocycles. The highest BCUT2D eigenvalue weighted by Gasteiger charge is 2.35. The number of hydrogen-bond donors (Lipinski definition) is 2. The molecule has 0 spiro atoms. The molecular weight excluding hydrogens is 274 g/mol. The standard InChI is InChI=1S/C19H27NO2/c1-22-13-5-3-2-4-6-16-7-9-17(10-8-16)18-11-12-19(20,14-18)15-21/h7-10,18,21H,2-3,5,11-15,20H2,1H3/t18?,19-/m1/s1. The van der Waals surface area contributed by atoms with E-state index in [-0.39, 0.29) is 12.1 Å². The molecule has 1 aromatic rings. The predicted molar refractivity (Wildman–Crippen MR) is 89.6 cm³/mol. The fourth-order valence-electron chi connectivity index (χ4n) is 3.05. The van der Waals surface area contributed by atoms with Gasteiger partial charge < -0.3 is 15.6 Å². The van der Waals surface area contributed by atoms with Crippen molar-refractivity contribution in [3.05, 3.63) is 35.4 Å². The number of hydrogen-bond acceptors (Lipinski definition) is 3. The van der Waals surface area contributed by atoms with Crippen LogP contribution in [0.25, 0.3) is 0 Å². The summed E-state index contributed by atoms with van der Waals surface area (Å²) < 4.78 is 5.02. The molecule has 1 aliphatic carbocycles. The van der Waals surface area contributed by atoms with E-state index in [1.165, 1.54) is 5.56 Å². The molecule has 2 atom stereocenters. The number of nitrogens with two attached hydrogens (primary N) is 1. The number of aliphatic hydroxyl groups is 1. The van der Waals surface area contributed by atoms with Gasteiger partial charge in [0.2, 0.25) is 0 Å². The van der Waals surface area contributed by atoms with Crippen LogP contribution in [0, 0.1) is 11.8 Å². The summed E-state index contributed by atoms with van der Waals surface area (Å²) in [7, 11) is 1.73. The van der Waals surface area contributed by atoms with Crippen molar-refractivity contribution in [1.82, 2.24) is 0 Å². The zero-order chi connectivity index (χ0) is 15.8. The van der Waals surface area contributed by atoms with Crippen LogP contribution in [0.2, 0.25) is 0 Å². The second kappa shape index (κ2) is 8.33. The minimum absolute atomic E-state index is 0.0795. The normalized spacial score (nSPS) is 24.0. The Balaban J connectivity index is 1.85. The van der Waals surface area contributed by atoms with Crippen molar-refractivity contribution in [2.24, 2.45) is 5.73 Å². The first-order chi connectivity index (χ1) is 10.7. The van der Waals surface area contributed by atoms with E-state index < -0.39 is 0 Å². The lowest BCUT2D eigenvalue weighted by Gasteiger charge is -2.20. The molecule has 2 rings (SSSR count). The molecular formula is C19H27NO2. The molecule has 3 heteroatoms. The topological polar surface area (TPSA) is 55.5 Å². The summed E-state index contributed by atoms with van der Waals surface area (Å²) in [5, 5.41) is 9.36. The molecule has 0 radical (unpaired) electrons. The minimum atomic E-state index is -0.384. The van der Waals surface area contributed by atoms with E-state index in [0.717, 1.165) is 50.7 Å². The quantitative estimate of drug-likeness (QED) is 0.627. The van der Waals surface area contributed by atoms with Crippen LogP contribution in [0.15, 0.2) is 24.3 Å². The van der Waals surface area contributed by atoms with E-state index in [9.17, 15) is 5.11 Å². The molecule has 3 nitrogen and oxygen atoms in total. The van der Waals surface area contributed by atoms with E-state index in [1.807, 2.05) is 0 Å². The molecule has 1 saturated carbocycles. The monoisotopic (exact) mass is 301 g/mol. The Morgan fingerprint density at radius 1 is 1.32 bits per heavy atom. The lowest BCUT2D eigenvalue weighted by atomic mass is 9.93. The highest BCUT2D eigenvalue weighted by atomic mass is 16.5. The zero-order valence-electron chi connectivity index (χ0n) is 13.5. The number of unbranched alkanes of at least 4 members (excludes halogenated alkanes) is 2.